The van der Waals surface area contributed by atoms with Crippen molar-refractivity contribution in [3.05, 3.63) is 47.5 Å². The second-order valence-electron chi connectivity index (χ2n) is 5.34. The molecule has 0 spiro atoms. The Morgan fingerprint density at radius 2 is 2.00 bits per heavy atom. The van der Waals surface area contributed by atoms with Gasteiger partial charge in [-0.2, -0.15) is 0 Å². The van der Waals surface area contributed by atoms with Gasteiger partial charge in [-0.25, -0.2) is 9.78 Å². The third kappa shape index (κ3) is 5.64. The lowest BCUT2D eigenvalue weighted by Crippen LogP contribution is -2.03. The van der Waals surface area contributed by atoms with Crippen molar-refractivity contribution in [3.63, 3.8) is 0 Å². The minimum Gasteiger partial charge on any atom is -0.423 e. The monoisotopic (exact) mass is 329 g/mol. The summed E-state index contributed by atoms with van der Waals surface area (Å²) in [6.07, 6.45) is 10.9. The van der Waals surface area contributed by atoms with E-state index in [2.05, 4.69) is 11.9 Å². The molecule has 2 rings (SSSR count). The highest BCUT2D eigenvalue weighted by molar-refractivity contribution is 7.15. The Labute approximate surface area is 142 Å². The van der Waals surface area contributed by atoms with Crippen molar-refractivity contribution in [1.29, 1.82) is 0 Å². The predicted octanol–water partition coefficient (Wildman–Crippen LogP) is 5.41. The highest BCUT2D eigenvalue weighted by atomic mass is 32.1. The molecule has 0 aliphatic heterocycles. The summed E-state index contributed by atoms with van der Waals surface area (Å²) in [7, 11) is 0. The minimum absolute atomic E-state index is 0.341. The number of hydrogen-bond acceptors (Lipinski definition) is 4. The maximum absolute atomic E-state index is 11.5. The fourth-order valence-corrected chi connectivity index (χ4v) is 3.10. The number of rotatable bonds is 8. The Bertz CT molecular complexity index is 644. The fraction of sp³-hybridized carbons (Fsp3) is 0.368. The summed E-state index contributed by atoms with van der Waals surface area (Å²) in [4.78, 5) is 17.4. The van der Waals surface area contributed by atoms with Gasteiger partial charge in [0.1, 0.15) is 10.8 Å². The lowest BCUT2D eigenvalue weighted by molar-refractivity contribution is -0.129. The molecule has 0 amide bonds. The first-order valence-electron chi connectivity index (χ1n) is 8.16. The van der Waals surface area contributed by atoms with Crippen LogP contribution >= 0.6 is 11.3 Å². The third-order valence-corrected chi connectivity index (χ3v) is 4.50. The number of aromatic nitrogens is 1. The number of carbonyl (C=O) groups is 1. The molecule has 4 heteroatoms. The first kappa shape index (κ1) is 17.4. The summed E-state index contributed by atoms with van der Waals surface area (Å²) in [5.41, 5.74) is 1.06. The molecule has 0 radical (unpaired) electrons. The summed E-state index contributed by atoms with van der Waals surface area (Å²) in [6, 6.07) is 7.51. The van der Waals surface area contributed by atoms with E-state index in [0.29, 0.717) is 5.75 Å². The van der Waals surface area contributed by atoms with Crippen LogP contribution in [-0.4, -0.2) is 11.0 Å². The van der Waals surface area contributed by atoms with E-state index in [4.69, 9.17) is 4.74 Å². The Hall–Kier alpha value is -1.94. The van der Waals surface area contributed by atoms with Gasteiger partial charge in [0, 0.05) is 22.7 Å². The van der Waals surface area contributed by atoms with Crippen LogP contribution in [0.15, 0.2) is 42.6 Å². The zero-order valence-corrected chi connectivity index (χ0v) is 14.6. The van der Waals surface area contributed by atoms with Crippen LogP contribution in [-0.2, 0) is 11.2 Å². The average Bonchev–Trinajstić information content (AvgIpc) is 3.03. The van der Waals surface area contributed by atoms with Crippen molar-refractivity contribution in [1.82, 2.24) is 4.98 Å². The van der Waals surface area contributed by atoms with E-state index >= 15 is 0 Å². The molecule has 0 saturated carbocycles. The Balaban J connectivity index is 1.96. The van der Waals surface area contributed by atoms with E-state index in [1.807, 2.05) is 37.4 Å². The molecule has 0 aliphatic rings. The first-order valence-corrected chi connectivity index (χ1v) is 8.98. The Morgan fingerprint density at radius 3 is 2.70 bits per heavy atom. The Morgan fingerprint density at radius 1 is 1.22 bits per heavy atom. The Kier molecular flexibility index (Phi) is 7.01. The highest BCUT2D eigenvalue weighted by Crippen LogP contribution is 2.27. The summed E-state index contributed by atoms with van der Waals surface area (Å²) in [5.74, 6) is 0.214. The van der Waals surface area contributed by atoms with Crippen molar-refractivity contribution < 1.29 is 9.53 Å². The molecule has 2 aromatic rings. The van der Waals surface area contributed by atoms with Gasteiger partial charge in [-0.3, -0.25) is 0 Å². The van der Waals surface area contributed by atoms with Crippen LogP contribution in [0.1, 0.15) is 44.4 Å². The maximum atomic E-state index is 11.5. The zero-order chi connectivity index (χ0) is 16.5. The van der Waals surface area contributed by atoms with Crippen LogP contribution in [0, 0.1) is 0 Å². The van der Waals surface area contributed by atoms with E-state index in [0.717, 1.165) is 23.4 Å². The van der Waals surface area contributed by atoms with Crippen LogP contribution in [0.2, 0.25) is 0 Å². The van der Waals surface area contributed by atoms with Gasteiger partial charge in [-0.1, -0.05) is 32.8 Å². The maximum Gasteiger partial charge on any atom is 0.335 e. The van der Waals surface area contributed by atoms with Gasteiger partial charge >= 0.3 is 5.97 Å². The topological polar surface area (TPSA) is 39.2 Å². The number of aryl methyl sites for hydroxylation is 1. The third-order valence-electron chi connectivity index (χ3n) is 3.39. The molecule has 23 heavy (non-hydrogen) atoms. The molecular weight excluding hydrogens is 306 g/mol. The molecule has 0 aliphatic carbocycles. The van der Waals surface area contributed by atoms with Crippen molar-refractivity contribution in [2.45, 2.75) is 46.0 Å². The van der Waals surface area contributed by atoms with Gasteiger partial charge in [0.25, 0.3) is 0 Å². The molecule has 0 N–H and O–H groups in total. The number of thiazole rings is 1. The van der Waals surface area contributed by atoms with Gasteiger partial charge in [-0.05, 0) is 43.5 Å². The molecule has 3 nitrogen and oxygen atoms in total. The van der Waals surface area contributed by atoms with Crippen LogP contribution in [0.25, 0.3) is 10.6 Å². The normalized spacial score (nSPS) is 11.0. The largest absolute Gasteiger partial charge is 0.423 e. The number of benzene rings is 1. The van der Waals surface area contributed by atoms with Crippen LogP contribution in [0.3, 0.4) is 0 Å². The standard InChI is InChI=1S/C19H23NO2S/c1-3-5-7-8-17-14-20-19(23-17)15-10-12-16(13-11-15)22-18(21)9-6-4-2/h6,9-14H,3-5,7-8H2,1-2H3. The molecule has 1 aromatic carbocycles. The molecule has 0 saturated heterocycles. The fourth-order valence-electron chi connectivity index (χ4n) is 2.14. The smallest absolute Gasteiger partial charge is 0.335 e. The van der Waals surface area contributed by atoms with Crippen molar-refractivity contribution in [2.75, 3.05) is 0 Å². The highest BCUT2D eigenvalue weighted by Gasteiger charge is 2.06. The lowest BCUT2D eigenvalue weighted by Gasteiger charge is -2.02. The summed E-state index contributed by atoms with van der Waals surface area (Å²) in [6.45, 7) is 4.19. The van der Waals surface area contributed by atoms with Gasteiger partial charge in [-0.15, -0.1) is 11.3 Å². The van der Waals surface area contributed by atoms with E-state index in [1.54, 1.807) is 17.4 Å². The molecule has 1 aromatic heterocycles. The summed E-state index contributed by atoms with van der Waals surface area (Å²) < 4.78 is 5.24. The van der Waals surface area contributed by atoms with Crippen molar-refractivity contribution in [2.24, 2.45) is 0 Å². The molecular formula is C19H23NO2S. The molecule has 0 fully saturated rings. The SMILES string of the molecule is CCC=CC(=O)Oc1ccc(-c2ncc(CCCCC)s2)cc1. The van der Waals surface area contributed by atoms with Gasteiger partial charge in [0.2, 0.25) is 0 Å². The van der Waals surface area contributed by atoms with Gasteiger partial charge < -0.3 is 4.74 Å². The second-order valence-corrected chi connectivity index (χ2v) is 6.46. The minimum atomic E-state index is -0.341. The van der Waals surface area contributed by atoms with Crippen LogP contribution < -0.4 is 4.74 Å². The van der Waals surface area contributed by atoms with E-state index in [1.165, 1.54) is 30.2 Å². The molecule has 0 atom stereocenters. The molecule has 0 bridgehead atoms. The van der Waals surface area contributed by atoms with Crippen molar-refractivity contribution in [3.8, 4) is 16.3 Å². The van der Waals surface area contributed by atoms with Crippen LogP contribution in [0.4, 0.5) is 0 Å². The number of esters is 1. The lowest BCUT2D eigenvalue weighted by atomic mass is 10.2. The first-order chi connectivity index (χ1) is 11.2. The number of ether oxygens (including phenoxy) is 1. The van der Waals surface area contributed by atoms with E-state index in [9.17, 15) is 4.79 Å². The average molecular weight is 329 g/mol. The van der Waals surface area contributed by atoms with Gasteiger partial charge in [0.05, 0.1) is 0 Å². The van der Waals surface area contributed by atoms with E-state index < -0.39 is 0 Å². The predicted molar refractivity (Wildman–Crippen MR) is 95.8 cm³/mol. The molecule has 122 valence electrons. The number of nitrogens with zero attached hydrogens (tertiary/aromatic N) is 1. The molecule has 0 unspecified atom stereocenters. The number of carbonyl (C=O) groups excluding carboxylic acids is 1. The molecule has 1 heterocycles. The number of unbranched alkanes of at least 4 members (excludes halogenated alkanes) is 2. The van der Waals surface area contributed by atoms with E-state index in [-0.39, 0.29) is 5.97 Å². The van der Waals surface area contributed by atoms with Crippen molar-refractivity contribution >= 4 is 17.3 Å². The quantitative estimate of drug-likeness (QED) is 0.281. The van der Waals surface area contributed by atoms with Crippen LogP contribution in [0.5, 0.6) is 5.75 Å². The second kappa shape index (κ2) is 9.26. The summed E-state index contributed by atoms with van der Waals surface area (Å²) >= 11 is 1.74. The zero-order valence-electron chi connectivity index (χ0n) is 13.7. The number of hydrogen-bond donors (Lipinski definition) is 0. The van der Waals surface area contributed by atoms with Gasteiger partial charge in [0.15, 0.2) is 0 Å². The summed E-state index contributed by atoms with van der Waals surface area (Å²) in [5, 5.41) is 1.01. The number of allylic oxidation sites excluding steroid dienone is 1.